The third-order valence-corrected chi connectivity index (χ3v) is 4.94. The van der Waals surface area contributed by atoms with E-state index in [9.17, 15) is 4.79 Å². The molecule has 1 saturated heterocycles. The van der Waals surface area contributed by atoms with Crippen molar-refractivity contribution in [2.24, 2.45) is 11.1 Å². The average molecular weight is 252 g/mol. The van der Waals surface area contributed by atoms with Gasteiger partial charge in [-0.15, -0.1) is 0 Å². The lowest BCUT2D eigenvalue weighted by molar-refractivity contribution is -0.133. The Balaban J connectivity index is 1.76. The van der Waals surface area contributed by atoms with Crippen LogP contribution in [0.25, 0.3) is 0 Å². The molecule has 1 atom stereocenters. The van der Waals surface area contributed by atoms with Crippen LogP contribution in [0.2, 0.25) is 0 Å². The van der Waals surface area contributed by atoms with E-state index >= 15 is 0 Å². The number of nitrogens with zero attached hydrogens (tertiary/aromatic N) is 1. The maximum atomic E-state index is 12.1. The van der Waals surface area contributed by atoms with Gasteiger partial charge in [0.1, 0.15) is 0 Å². The summed E-state index contributed by atoms with van der Waals surface area (Å²) >= 11 is 0. The molecular weight excluding hydrogens is 224 g/mol. The monoisotopic (exact) mass is 252 g/mol. The topological polar surface area (TPSA) is 46.3 Å². The first-order chi connectivity index (χ1) is 8.65. The van der Waals surface area contributed by atoms with E-state index in [0.29, 0.717) is 11.8 Å². The lowest BCUT2D eigenvalue weighted by atomic mass is 9.77. The Kier molecular flexibility index (Phi) is 4.66. The molecule has 2 rings (SSSR count). The summed E-state index contributed by atoms with van der Waals surface area (Å²) in [6.45, 7) is 4.06. The molecule has 0 aromatic heterocycles. The summed E-state index contributed by atoms with van der Waals surface area (Å²) in [5.41, 5.74) is 6.56. The van der Waals surface area contributed by atoms with Gasteiger partial charge in [-0.1, -0.05) is 26.2 Å². The Labute approximate surface area is 111 Å². The lowest BCUT2D eigenvalue weighted by Gasteiger charge is -2.39. The zero-order valence-corrected chi connectivity index (χ0v) is 11.8. The van der Waals surface area contributed by atoms with Crippen molar-refractivity contribution in [1.29, 1.82) is 0 Å². The van der Waals surface area contributed by atoms with Gasteiger partial charge in [-0.2, -0.15) is 0 Å². The SMILES string of the molecule is CCCC(N)CC(=O)N1CCC2(CCCC2)CC1. The lowest BCUT2D eigenvalue weighted by Crippen LogP contribution is -2.44. The molecular formula is C15H28N2O. The second-order valence-electron chi connectivity index (χ2n) is 6.34. The van der Waals surface area contributed by atoms with E-state index in [-0.39, 0.29) is 11.9 Å². The number of hydrogen-bond donors (Lipinski definition) is 1. The van der Waals surface area contributed by atoms with Gasteiger partial charge in [0.15, 0.2) is 0 Å². The molecule has 2 N–H and O–H groups in total. The quantitative estimate of drug-likeness (QED) is 0.836. The minimum absolute atomic E-state index is 0.0601. The van der Waals surface area contributed by atoms with E-state index in [1.165, 1.54) is 38.5 Å². The van der Waals surface area contributed by atoms with E-state index in [4.69, 9.17) is 5.73 Å². The highest BCUT2D eigenvalue weighted by Gasteiger charge is 2.37. The first-order valence-electron chi connectivity index (χ1n) is 7.68. The second-order valence-corrected chi connectivity index (χ2v) is 6.34. The Hall–Kier alpha value is -0.570. The smallest absolute Gasteiger partial charge is 0.224 e. The Morgan fingerprint density at radius 2 is 1.83 bits per heavy atom. The summed E-state index contributed by atoms with van der Waals surface area (Å²) in [5.74, 6) is 0.281. The fourth-order valence-corrected chi connectivity index (χ4v) is 3.68. The molecule has 0 bridgehead atoms. The number of amides is 1. The normalized spacial score (nSPS) is 24.4. The molecule has 3 nitrogen and oxygen atoms in total. The van der Waals surface area contributed by atoms with E-state index < -0.39 is 0 Å². The average Bonchev–Trinajstić information content (AvgIpc) is 2.78. The number of likely N-dealkylation sites (tertiary alicyclic amines) is 1. The van der Waals surface area contributed by atoms with Crippen molar-refractivity contribution in [2.75, 3.05) is 13.1 Å². The molecule has 1 unspecified atom stereocenters. The number of carbonyl (C=O) groups excluding carboxylic acids is 1. The molecule has 0 aromatic rings. The molecule has 1 amide bonds. The van der Waals surface area contributed by atoms with Crippen molar-refractivity contribution >= 4 is 5.91 Å². The van der Waals surface area contributed by atoms with Crippen LogP contribution in [-0.4, -0.2) is 29.9 Å². The van der Waals surface area contributed by atoms with Crippen molar-refractivity contribution in [1.82, 2.24) is 4.90 Å². The predicted molar refractivity (Wildman–Crippen MR) is 74.2 cm³/mol. The van der Waals surface area contributed by atoms with E-state index in [2.05, 4.69) is 11.8 Å². The molecule has 3 heteroatoms. The van der Waals surface area contributed by atoms with Crippen molar-refractivity contribution in [3.05, 3.63) is 0 Å². The molecule has 1 aliphatic carbocycles. The molecule has 2 fully saturated rings. The minimum Gasteiger partial charge on any atom is -0.343 e. The molecule has 0 radical (unpaired) electrons. The van der Waals surface area contributed by atoms with Crippen LogP contribution in [0, 0.1) is 5.41 Å². The summed E-state index contributed by atoms with van der Waals surface area (Å²) in [4.78, 5) is 14.2. The van der Waals surface area contributed by atoms with Gasteiger partial charge in [-0.05, 0) is 37.5 Å². The van der Waals surface area contributed by atoms with Gasteiger partial charge in [0.2, 0.25) is 5.91 Å². The summed E-state index contributed by atoms with van der Waals surface area (Å²) in [6.07, 6.45) is 10.6. The third kappa shape index (κ3) is 3.25. The maximum absolute atomic E-state index is 12.1. The number of hydrogen-bond acceptors (Lipinski definition) is 2. The summed E-state index contributed by atoms with van der Waals surface area (Å²) in [6, 6.07) is 0.0601. The molecule has 1 heterocycles. The number of nitrogens with two attached hydrogens (primary N) is 1. The zero-order valence-electron chi connectivity index (χ0n) is 11.8. The van der Waals surface area contributed by atoms with Crippen LogP contribution < -0.4 is 5.73 Å². The van der Waals surface area contributed by atoms with Crippen LogP contribution in [0.3, 0.4) is 0 Å². The highest BCUT2D eigenvalue weighted by molar-refractivity contribution is 5.76. The van der Waals surface area contributed by atoms with Crippen LogP contribution in [0.5, 0.6) is 0 Å². The molecule has 2 aliphatic rings. The van der Waals surface area contributed by atoms with Crippen LogP contribution in [0.4, 0.5) is 0 Å². The van der Waals surface area contributed by atoms with Gasteiger partial charge >= 0.3 is 0 Å². The largest absolute Gasteiger partial charge is 0.343 e. The first kappa shape index (κ1) is 13.9. The third-order valence-electron chi connectivity index (χ3n) is 4.94. The number of rotatable bonds is 4. The fraction of sp³-hybridized carbons (Fsp3) is 0.933. The summed E-state index contributed by atoms with van der Waals surface area (Å²) < 4.78 is 0. The van der Waals surface area contributed by atoms with Crippen LogP contribution >= 0.6 is 0 Å². The van der Waals surface area contributed by atoms with E-state index in [1.54, 1.807) is 0 Å². The van der Waals surface area contributed by atoms with Gasteiger partial charge in [-0.3, -0.25) is 4.79 Å². The highest BCUT2D eigenvalue weighted by Crippen LogP contribution is 2.46. The summed E-state index contributed by atoms with van der Waals surface area (Å²) in [7, 11) is 0. The molecule has 0 aromatic carbocycles. The van der Waals surface area contributed by atoms with Gasteiger partial charge in [0.25, 0.3) is 0 Å². The van der Waals surface area contributed by atoms with Gasteiger partial charge in [0.05, 0.1) is 0 Å². The molecule has 18 heavy (non-hydrogen) atoms. The van der Waals surface area contributed by atoms with Gasteiger partial charge in [0, 0.05) is 25.6 Å². The minimum atomic E-state index is 0.0601. The Morgan fingerprint density at radius 1 is 1.22 bits per heavy atom. The van der Waals surface area contributed by atoms with Gasteiger partial charge < -0.3 is 10.6 Å². The predicted octanol–water partition coefficient (Wildman–Crippen LogP) is 2.69. The number of carbonyl (C=O) groups is 1. The number of piperidine rings is 1. The van der Waals surface area contributed by atoms with Crippen LogP contribution in [-0.2, 0) is 4.79 Å². The molecule has 1 spiro atoms. The van der Waals surface area contributed by atoms with E-state index in [0.717, 1.165) is 25.9 Å². The Bertz CT molecular complexity index is 274. The summed E-state index contributed by atoms with van der Waals surface area (Å²) in [5, 5.41) is 0. The first-order valence-corrected chi connectivity index (χ1v) is 7.68. The maximum Gasteiger partial charge on any atom is 0.224 e. The molecule has 104 valence electrons. The standard InChI is InChI=1S/C15H28N2O/c1-2-5-13(16)12-14(18)17-10-8-15(9-11-17)6-3-4-7-15/h13H,2-12,16H2,1H3. The van der Waals surface area contributed by atoms with Crippen molar-refractivity contribution < 1.29 is 4.79 Å². The van der Waals surface area contributed by atoms with Crippen LogP contribution in [0.1, 0.15) is 64.7 Å². The fourth-order valence-electron chi connectivity index (χ4n) is 3.68. The second kappa shape index (κ2) is 6.05. The van der Waals surface area contributed by atoms with Crippen molar-refractivity contribution in [2.45, 2.75) is 70.8 Å². The zero-order chi connectivity index (χ0) is 13.0. The van der Waals surface area contributed by atoms with Gasteiger partial charge in [-0.25, -0.2) is 0 Å². The van der Waals surface area contributed by atoms with Crippen LogP contribution in [0.15, 0.2) is 0 Å². The molecule has 1 aliphatic heterocycles. The molecule has 1 saturated carbocycles. The highest BCUT2D eigenvalue weighted by atomic mass is 16.2. The van der Waals surface area contributed by atoms with Crippen molar-refractivity contribution in [3.63, 3.8) is 0 Å². The van der Waals surface area contributed by atoms with E-state index in [1.807, 2.05) is 0 Å². The van der Waals surface area contributed by atoms with Crippen molar-refractivity contribution in [3.8, 4) is 0 Å². The Morgan fingerprint density at radius 3 is 2.39 bits per heavy atom.